The molecule has 2 heterocycles. The molecule has 1 aliphatic rings. The van der Waals surface area contributed by atoms with Crippen molar-refractivity contribution >= 4 is 22.9 Å². The van der Waals surface area contributed by atoms with Gasteiger partial charge in [-0.1, -0.05) is 12.1 Å². The lowest BCUT2D eigenvalue weighted by Crippen LogP contribution is -2.27. The molecule has 1 aromatic carbocycles. The lowest BCUT2D eigenvalue weighted by molar-refractivity contribution is 0.0920. The molecule has 5 heteroatoms. The largest absolute Gasteiger partial charge is 0.387 e. The fourth-order valence-corrected chi connectivity index (χ4v) is 3.55. The van der Waals surface area contributed by atoms with Crippen LogP contribution in [0.4, 0.5) is 5.69 Å². The van der Waals surface area contributed by atoms with Gasteiger partial charge < -0.3 is 15.3 Å². The molecule has 1 amide bonds. The number of anilines is 1. The number of hydrogen-bond donors (Lipinski definition) is 2. The number of carbonyl (C=O) groups excluding carboxylic acids is 1. The molecule has 0 saturated heterocycles. The maximum absolute atomic E-state index is 12.0. The monoisotopic (exact) mass is 316 g/mol. The van der Waals surface area contributed by atoms with E-state index in [4.69, 9.17) is 0 Å². The Morgan fingerprint density at radius 1 is 1.45 bits per heavy atom. The quantitative estimate of drug-likeness (QED) is 0.911. The average molecular weight is 316 g/mol. The van der Waals surface area contributed by atoms with Crippen LogP contribution in [-0.2, 0) is 6.42 Å². The SMILES string of the molecule is Cc1csc(C(=O)NC[C@@H](O)c2ccc3c(c2)CCN3C)c1. The minimum Gasteiger partial charge on any atom is -0.387 e. The molecule has 0 fully saturated rings. The smallest absolute Gasteiger partial charge is 0.261 e. The van der Waals surface area contributed by atoms with Crippen LogP contribution in [0.3, 0.4) is 0 Å². The van der Waals surface area contributed by atoms with Crippen LogP contribution in [0, 0.1) is 6.92 Å². The summed E-state index contributed by atoms with van der Waals surface area (Å²) >= 11 is 1.42. The second kappa shape index (κ2) is 6.10. The van der Waals surface area contributed by atoms with Gasteiger partial charge in [0.2, 0.25) is 0 Å². The van der Waals surface area contributed by atoms with Crippen molar-refractivity contribution in [2.75, 3.05) is 25.0 Å². The lowest BCUT2D eigenvalue weighted by atomic mass is 10.0. The number of carbonyl (C=O) groups is 1. The van der Waals surface area contributed by atoms with Gasteiger partial charge in [0.1, 0.15) is 0 Å². The number of hydrogen-bond acceptors (Lipinski definition) is 4. The Balaban J connectivity index is 1.63. The van der Waals surface area contributed by atoms with E-state index in [1.807, 2.05) is 36.6 Å². The standard InChI is InChI=1S/C17H20N2O2S/c1-11-7-16(22-10-11)17(21)18-9-15(20)13-3-4-14-12(8-13)5-6-19(14)2/h3-4,7-8,10,15,20H,5-6,9H2,1-2H3,(H,18,21)/t15-/m1/s1. The summed E-state index contributed by atoms with van der Waals surface area (Å²) in [6.07, 6.45) is 0.328. The molecule has 1 aliphatic heterocycles. The zero-order valence-corrected chi connectivity index (χ0v) is 13.6. The highest BCUT2D eigenvalue weighted by Gasteiger charge is 2.18. The number of thiophene rings is 1. The molecular formula is C17H20N2O2S. The fourth-order valence-electron chi connectivity index (χ4n) is 2.74. The van der Waals surface area contributed by atoms with Crippen LogP contribution in [-0.4, -0.2) is 31.2 Å². The van der Waals surface area contributed by atoms with E-state index in [1.165, 1.54) is 22.6 Å². The first-order chi connectivity index (χ1) is 10.5. The van der Waals surface area contributed by atoms with Crippen molar-refractivity contribution in [3.63, 3.8) is 0 Å². The maximum atomic E-state index is 12.0. The molecule has 2 aromatic rings. The molecule has 4 nitrogen and oxygen atoms in total. The highest BCUT2D eigenvalue weighted by Crippen LogP contribution is 2.29. The van der Waals surface area contributed by atoms with Gasteiger partial charge in [0, 0.05) is 25.8 Å². The van der Waals surface area contributed by atoms with Gasteiger partial charge in [0.15, 0.2) is 0 Å². The first-order valence-corrected chi connectivity index (χ1v) is 8.28. The molecule has 2 N–H and O–H groups in total. The van der Waals surface area contributed by atoms with Crippen molar-refractivity contribution in [3.8, 4) is 0 Å². The molecular weight excluding hydrogens is 296 g/mol. The maximum Gasteiger partial charge on any atom is 0.261 e. The van der Waals surface area contributed by atoms with Crippen molar-refractivity contribution in [2.24, 2.45) is 0 Å². The third-order valence-electron chi connectivity index (χ3n) is 4.03. The van der Waals surface area contributed by atoms with Crippen LogP contribution in [0.2, 0.25) is 0 Å². The van der Waals surface area contributed by atoms with E-state index in [9.17, 15) is 9.90 Å². The molecule has 0 radical (unpaired) electrons. The number of likely N-dealkylation sites (N-methyl/N-ethyl adjacent to an activating group) is 1. The Kier molecular flexibility index (Phi) is 4.18. The summed E-state index contributed by atoms with van der Waals surface area (Å²) in [6, 6.07) is 7.89. The third-order valence-corrected chi connectivity index (χ3v) is 5.07. The predicted octanol–water partition coefficient (Wildman–Crippen LogP) is 2.51. The van der Waals surface area contributed by atoms with E-state index < -0.39 is 6.10 Å². The summed E-state index contributed by atoms with van der Waals surface area (Å²) in [4.78, 5) is 14.9. The van der Waals surface area contributed by atoms with Crippen LogP contribution in [0.25, 0.3) is 0 Å². The Morgan fingerprint density at radius 3 is 3.00 bits per heavy atom. The molecule has 1 aromatic heterocycles. The number of aryl methyl sites for hydroxylation is 1. The molecule has 0 saturated carbocycles. The van der Waals surface area contributed by atoms with E-state index in [0.717, 1.165) is 24.1 Å². The third kappa shape index (κ3) is 3.00. The Labute approximate surface area is 134 Å². The van der Waals surface area contributed by atoms with Gasteiger partial charge in [-0.15, -0.1) is 11.3 Å². The van der Waals surface area contributed by atoms with E-state index in [2.05, 4.69) is 17.3 Å². The molecule has 1 atom stereocenters. The Bertz CT molecular complexity index is 696. The summed E-state index contributed by atoms with van der Waals surface area (Å²) in [7, 11) is 2.07. The predicted molar refractivity (Wildman–Crippen MR) is 89.8 cm³/mol. The Morgan fingerprint density at radius 2 is 2.27 bits per heavy atom. The van der Waals surface area contributed by atoms with Gasteiger partial charge in [0.25, 0.3) is 5.91 Å². The first-order valence-electron chi connectivity index (χ1n) is 7.40. The van der Waals surface area contributed by atoms with Crippen LogP contribution in [0.5, 0.6) is 0 Å². The highest BCUT2D eigenvalue weighted by atomic mass is 32.1. The van der Waals surface area contributed by atoms with Gasteiger partial charge in [-0.05, 0) is 47.5 Å². The Hall–Kier alpha value is -1.85. The zero-order chi connectivity index (χ0) is 15.7. The van der Waals surface area contributed by atoms with Crippen molar-refractivity contribution in [1.29, 1.82) is 0 Å². The van der Waals surface area contributed by atoms with E-state index in [0.29, 0.717) is 4.88 Å². The molecule has 0 aliphatic carbocycles. The summed E-state index contributed by atoms with van der Waals surface area (Å²) in [6.45, 7) is 3.21. The van der Waals surface area contributed by atoms with Crippen molar-refractivity contribution in [2.45, 2.75) is 19.4 Å². The van der Waals surface area contributed by atoms with Crippen LogP contribution in [0.15, 0.2) is 29.6 Å². The highest BCUT2D eigenvalue weighted by molar-refractivity contribution is 7.12. The van der Waals surface area contributed by atoms with E-state index >= 15 is 0 Å². The topological polar surface area (TPSA) is 52.6 Å². The lowest BCUT2D eigenvalue weighted by Gasteiger charge is -2.15. The van der Waals surface area contributed by atoms with Gasteiger partial charge >= 0.3 is 0 Å². The minimum absolute atomic E-state index is 0.127. The second-order valence-corrected chi connectivity index (χ2v) is 6.69. The number of nitrogens with one attached hydrogen (secondary N) is 1. The normalized spacial score (nSPS) is 14.8. The number of aliphatic hydroxyl groups is 1. The summed E-state index contributed by atoms with van der Waals surface area (Å²) in [5.41, 5.74) is 4.43. The average Bonchev–Trinajstić information content (AvgIpc) is 3.11. The van der Waals surface area contributed by atoms with Gasteiger partial charge in [-0.3, -0.25) is 4.79 Å². The van der Waals surface area contributed by atoms with Gasteiger partial charge in [-0.2, -0.15) is 0 Å². The van der Waals surface area contributed by atoms with Gasteiger partial charge in [0.05, 0.1) is 11.0 Å². The van der Waals surface area contributed by atoms with Crippen molar-refractivity contribution in [1.82, 2.24) is 5.32 Å². The fraction of sp³-hybridized carbons (Fsp3) is 0.353. The zero-order valence-electron chi connectivity index (χ0n) is 12.8. The van der Waals surface area contributed by atoms with E-state index in [1.54, 1.807) is 0 Å². The number of benzene rings is 1. The van der Waals surface area contributed by atoms with E-state index in [-0.39, 0.29) is 12.5 Å². The number of rotatable bonds is 4. The van der Waals surface area contributed by atoms with Crippen molar-refractivity contribution in [3.05, 3.63) is 51.2 Å². The van der Waals surface area contributed by atoms with Gasteiger partial charge in [-0.25, -0.2) is 0 Å². The van der Waals surface area contributed by atoms with Crippen molar-refractivity contribution < 1.29 is 9.90 Å². The first kappa shape index (κ1) is 15.1. The summed E-state index contributed by atoms with van der Waals surface area (Å²) in [5, 5.41) is 15.0. The molecule has 22 heavy (non-hydrogen) atoms. The number of aliphatic hydroxyl groups excluding tert-OH is 1. The molecule has 0 spiro atoms. The molecule has 116 valence electrons. The number of fused-ring (bicyclic) bond motifs is 1. The van der Waals surface area contributed by atoms with Crippen LogP contribution in [0.1, 0.15) is 32.5 Å². The second-order valence-electron chi connectivity index (χ2n) is 5.77. The molecule has 0 unspecified atom stereocenters. The van der Waals surface area contributed by atoms with Crippen LogP contribution < -0.4 is 10.2 Å². The van der Waals surface area contributed by atoms with Crippen LogP contribution >= 0.6 is 11.3 Å². The molecule has 0 bridgehead atoms. The number of amides is 1. The minimum atomic E-state index is -0.679. The summed E-state index contributed by atoms with van der Waals surface area (Å²) < 4.78 is 0. The molecule has 3 rings (SSSR count). The summed E-state index contributed by atoms with van der Waals surface area (Å²) in [5.74, 6) is -0.127. The number of nitrogens with zero attached hydrogens (tertiary/aromatic N) is 1.